The molecule has 8 heavy (non-hydrogen) atoms. The van der Waals surface area contributed by atoms with Crippen LogP contribution >= 0.6 is 0 Å². The minimum absolute atomic E-state index is 0.678. The van der Waals surface area contributed by atoms with Gasteiger partial charge in [0.2, 0.25) is 6.33 Å². The minimum Gasteiger partial charge on any atom is -0.350 e. The van der Waals surface area contributed by atoms with Crippen molar-refractivity contribution in [2.45, 2.75) is 0 Å². The van der Waals surface area contributed by atoms with Crippen LogP contribution in [0, 0.1) is 6.33 Å². The van der Waals surface area contributed by atoms with E-state index in [4.69, 9.17) is 5.73 Å². The molecule has 2 N–H and O–H groups in total. The zero-order valence-electron chi connectivity index (χ0n) is 3.90. The highest BCUT2D eigenvalue weighted by Crippen LogP contribution is 1.71. The van der Waals surface area contributed by atoms with E-state index in [2.05, 4.69) is 16.4 Å². The molecule has 5 heteroatoms. The van der Waals surface area contributed by atoms with Crippen LogP contribution in [0.3, 0.4) is 0 Å². The highest BCUT2D eigenvalue weighted by molar-refractivity contribution is 5.72. The van der Waals surface area contributed by atoms with Gasteiger partial charge in [-0.3, -0.25) is 0 Å². The first-order valence-corrected chi connectivity index (χ1v) is 1.88. The molecular formula is C3H3N4O. The van der Waals surface area contributed by atoms with E-state index in [9.17, 15) is 4.79 Å². The van der Waals surface area contributed by atoms with Crippen molar-refractivity contribution in [2.24, 2.45) is 5.73 Å². The highest BCUT2D eigenvalue weighted by atomic mass is 16.2. The van der Waals surface area contributed by atoms with Crippen molar-refractivity contribution in [3.8, 4) is 0 Å². The molecule has 0 aliphatic heterocycles. The Hall–Kier alpha value is -1.39. The number of nitrogens with two attached hydrogens (primary N) is 1. The lowest BCUT2D eigenvalue weighted by atomic mass is 11.0. The van der Waals surface area contributed by atoms with Crippen LogP contribution in [0.4, 0.5) is 4.79 Å². The molecule has 1 radical (unpaired) electrons. The van der Waals surface area contributed by atoms with E-state index in [0.29, 0.717) is 0 Å². The average Bonchev–Trinajstić information content (AvgIpc) is 2.12. The smallest absolute Gasteiger partial charge is 0.341 e. The summed E-state index contributed by atoms with van der Waals surface area (Å²) in [5.41, 5.74) is 4.75. The monoisotopic (exact) mass is 111 g/mol. The van der Waals surface area contributed by atoms with Crippen LogP contribution in [0.2, 0.25) is 0 Å². The number of aromatic nitrogens is 3. The molecule has 41 valence electrons. The number of hydrogen-bond donors (Lipinski definition) is 1. The van der Waals surface area contributed by atoms with E-state index in [0.717, 1.165) is 4.68 Å². The predicted molar refractivity (Wildman–Crippen MR) is 23.8 cm³/mol. The summed E-state index contributed by atoms with van der Waals surface area (Å²) in [6.07, 6.45) is 3.40. The van der Waals surface area contributed by atoms with Gasteiger partial charge in [0.25, 0.3) is 0 Å². The summed E-state index contributed by atoms with van der Waals surface area (Å²) < 4.78 is 0.819. The molecule has 0 unspecified atom stereocenters. The first-order chi connectivity index (χ1) is 3.80. The third-order valence-electron chi connectivity index (χ3n) is 0.586. The molecule has 0 aliphatic carbocycles. The van der Waals surface area contributed by atoms with Crippen molar-refractivity contribution >= 4 is 6.03 Å². The number of carbonyl (C=O) groups is 1. The maximum absolute atomic E-state index is 10.1. The molecule has 0 bridgehead atoms. The second kappa shape index (κ2) is 1.61. The van der Waals surface area contributed by atoms with Crippen LogP contribution in [0.25, 0.3) is 0 Å². The van der Waals surface area contributed by atoms with Gasteiger partial charge in [-0.1, -0.05) is 0 Å². The summed E-state index contributed by atoms with van der Waals surface area (Å²) >= 11 is 0. The molecule has 0 atom stereocenters. The Morgan fingerprint density at radius 2 is 2.62 bits per heavy atom. The van der Waals surface area contributed by atoms with Gasteiger partial charge in [-0.25, -0.2) is 9.78 Å². The number of carbonyl (C=O) groups excluding carboxylic acids is 1. The van der Waals surface area contributed by atoms with Crippen molar-refractivity contribution in [1.82, 2.24) is 14.8 Å². The maximum Gasteiger partial charge on any atom is 0.341 e. The Labute approximate surface area is 45.1 Å². The van der Waals surface area contributed by atoms with Gasteiger partial charge in [0, 0.05) is 0 Å². The molecule has 1 rings (SSSR count). The zero-order chi connectivity index (χ0) is 5.98. The van der Waals surface area contributed by atoms with E-state index >= 15 is 0 Å². The second-order valence-electron chi connectivity index (χ2n) is 1.11. The fourth-order valence-electron chi connectivity index (χ4n) is 0.290. The molecule has 0 saturated heterocycles. The van der Waals surface area contributed by atoms with Crippen LogP contribution in [0.15, 0.2) is 6.33 Å². The van der Waals surface area contributed by atoms with Crippen LogP contribution in [-0.4, -0.2) is 20.8 Å². The molecule has 1 aromatic rings. The lowest BCUT2D eigenvalue weighted by molar-refractivity contribution is 0.247. The van der Waals surface area contributed by atoms with Gasteiger partial charge in [-0.15, -0.1) is 0 Å². The van der Waals surface area contributed by atoms with Gasteiger partial charge >= 0.3 is 6.03 Å². The van der Waals surface area contributed by atoms with Gasteiger partial charge in [-0.2, -0.15) is 9.78 Å². The summed E-state index contributed by atoms with van der Waals surface area (Å²) in [5.74, 6) is 0. The Bertz CT molecular complexity index is 179. The van der Waals surface area contributed by atoms with Gasteiger partial charge < -0.3 is 5.73 Å². The van der Waals surface area contributed by atoms with Gasteiger partial charge in [-0.05, 0) is 0 Å². The Morgan fingerprint density at radius 3 is 2.88 bits per heavy atom. The first-order valence-electron chi connectivity index (χ1n) is 1.88. The van der Waals surface area contributed by atoms with Gasteiger partial charge in [0.1, 0.15) is 6.33 Å². The van der Waals surface area contributed by atoms with E-state index < -0.39 is 6.03 Å². The van der Waals surface area contributed by atoms with Crippen LogP contribution in [0.1, 0.15) is 0 Å². The van der Waals surface area contributed by atoms with Crippen LogP contribution < -0.4 is 5.73 Å². The van der Waals surface area contributed by atoms with Gasteiger partial charge in [0.15, 0.2) is 0 Å². The number of primary amides is 1. The summed E-state index contributed by atoms with van der Waals surface area (Å²) in [5, 5.41) is 3.39. The van der Waals surface area contributed by atoms with E-state index in [1.807, 2.05) is 0 Å². The zero-order valence-corrected chi connectivity index (χ0v) is 3.90. The lowest BCUT2D eigenvalue weighted by Gasteiger charge is -1.84. The van der Waals surface area contributed by atoms with Crippen molar-refractivity contribution < 1.29 is 4.79 Å². The molecule has 1 aromatic heterocycles. The quantitative estimate of drug-likeness (QED) is 0.466. The normalized spacial score (nSPS) is 9.00. The number of hydrogen-bond acceptors (Lipinski definition) is 3. The summed E-state index contributed by atoms with van der Waals surface area (Å²) in [7, 11) is 0. The standard InChI is InChI=1S/C3H3N4O/c4-3(8)7-2-5-1-6-7/h1H,(H2,4,8). The Balaban J connectivity index is 2.93. The van der Waals surface area contributed by atoms with Gasteiger partial charge in [0.05, 0.1) is 0 Å². The molecule has 1 heterocycles. The van der Waals surface area contributed by atoms with Crippen LogP contribution in [-0.2, 0) is 0 Å². The third-order valence-corrected chi connectivity index (χ3v) is 0.586. The van der Waals surface area contributed by atoms with E-state index in [1.54, 1.807) is 0 Å². The molecule has 0 fully saturated rings. The fraction of sp³-hybridized carbons (Fsp3) is 0. The lowest BCUT2D eigenvalue weighted by Crippen LogP contribution is -2.19. The van der Waals surface area contributed by atoms with E-state index in [-0.39, 0.29) is 0 Å². The van der Waals surface area contributed by atoms with Crippen molar-refractivity contribution in [2.75, 3.05) is 0 Å². The fourth-order valence-corrected chi connectivity index (χ4v) is 0.290. The number of rotatable bonds is 0. The van der Waals surface area contributed by atoms with Crippen LogP contribution in [0.5, 0.6) is 0 Å². The summed E-state index contributed by atoms with van der Waals surface area (Å²) in [6.45, 7) is 0. The number of amides is 1. The van der Waals surface area contributed by atoms with Crippen molar-refractivity contribution in [1.29, 1.82) is 0 Å². The van der Waals surface area contributed by atoms with E-state index in [1.165, 1.54) is 6.33 Å². The third kappa shape index (κ3) is 0.651. The molecule has 0 aliphatic rings. The average molecular weight is 111 g/mol. The molecule has 0 saturated carbocycles. The number of nitrogens with zero attached hydrogens (tertiary/aromatic N) is 3. The second-order valence-corrected chi connectivity index (χ2v) is 1.11. The molecular weight excluding hydrogens is 108 g/mol. The SMILES string of the molecule is NC(=O)n1[c]ncn1. The largest absolute Gasteiger partial charge is 0.350 e. The molecule has 0 aromatic carbocycles. The Kier molecular flexibility index (Phi) is 0.957. The summed E-state index contributed by atoms with van der Waals surface area (Å²) in [4.78, 5) is 13.5. The summed E-state index contributed by atoms with van der Waals surface area (Å²) in [6, 6.07) is -0.678. The topological polar surface area (TPSA) is 73.8 Å². The molecule has 0 spiro atoms. The highest BCUT2D eigenvalue weighted by Gasteiger charge is 1.94. The molecule has 1 amide bonds. The molecule has 5 nitrogen and oxygen atoms in total. The minimum atomic E-state index is -0.678. The van der Waals surface area contributed by atoms with Crippen molar-refractivity contribution in [3.05, 3.63) is 12.7 Å². The predicted octanol–water partition coefficient (Wildman–Crippen LogP) is -0.995. The maximum atomic E-state index is 10.1. The first kappa shape index (κ1) is 4.76. The van der Waals surface area contributed by atoms with Crippen molar-refractivity contribution in [3.63, 3.8) is 0 Å². The Morgan fingerprint density at radius 1 is 1.88 bits per heavy atom.